The lowest BCUT2D eigenvalue weighted by atomic mass is 10.1. The number of carbonyl (C=O) groups excluding carboxylic acids is 5. The fraction of sp³-hybridized carbons (Fsp3) is 0.724. The molecule has 0 amide bonds. The van der Waals surface area contributed by atoms with E-state index in [1.807, 2.05) is 26.0 Å². The standard InChI is InChI=1S/C13H22N4O4.C13H25N3O7.C3H9N/c1-8(6-20-12(18)9(2)14)21-13(19)11(15-3)4-10-5-16-7-17-10;1-6(14)11(18)21-4-5-22-12(19)10(16)8(3)23-13(20)9(15)7(2)17;1-4(2)3/h5,7-9,11,15H,4,6,14H2,1-3H3,(H,16,17);6-10,17H,4-5,14-16H2,1-3H3;1-3H3/t8?,9-,11-;6-,7+,8+,9-,10-;/m00./s1. The molecule has 11 N–H and O–H groups in total. The molecule has 0 fully saturated rings. The molecule has 19 heteroatoms. The Balaban J connectivity index is 0. The third-order valence-corrected chi connectivity index (χ3v) is 5.57. The number of ether oxygens (including phenoxy) is 5. The molecule has 0 aliphatic heterocycles. The van der Waals surface area contributed by atoms with E-state index < -0.39 is 78.4 Å². The Morgan fingerprint density at radius 2 is 1.31 bits per heavy atom. The van der Waals surface area contributed by atoms with Gasteiger partial charge >= 0.3 is 29.8 Å². The summed E-state index contributed by atoms with van der Waals surface area (Å²) in [6.07, 6.45) is 1.01. The van der Waals surface area contributed by atoms with Crippen molar-refractivity contribution >= 4 is 29.8 Å². The lowest BCUT2D eigenvalue weighted by Gasteiger charge is -2.22. The van der Waals surface area contributed by atoms with E-state index in [1.54, 1.807) is 26.5 Å². The van der Waals surface area contributed by atoms with Gasteiger partial charge in [-0.1, -0.05) is 0 Å². The van der Waals surface area contributed by atoms with Gasteiger partial charge in [-0.15, -0.1) is 0 Å². The molecule has 1 unspecified atom stereocenters. The van der Waals surface area contributed by atoms with Crippen molar-refractivity contribution in [3.05, 3.63) is 18.2 Å². The lowest BCUT2D eigenvalue weighted by Crippen LogP contribution is -2.48. The molecular weight excluding hydrogens is 636 g/mol. The SMILES string of the molecule is CN(C)C.CN[C@@H](Cc1c[nH]cn1)C(=O)OC(C)COC(=O)[C@H](C)N.C[C@H](N)C(=O)OCCOC(=O)[C@@H](N)[C@@H](C)OC(=O)[C@@H](N)[C@@H](C)O. The van der Waals surface area contributed by atoms with Gasteiger partial charge in [-0.3, -0.25) is 24.0 Å². The summed E-state index contributed by atoms with van der Waals surface area (Å²) < 4.78 is 24.5. The van der Waals surface area contributed by atoms with Crippen molar-refractivity contribution in [3.8, 4) is 0 Å². The van der Waals surface area contributed by atoms with Crippen LogP contribution in [0, 0.1) is 0 Å². The van der Waals surface area contributed by atoms with E-state index in [0.29, 0.717) is 6.42 Å². The van der Waals surface area contributed by atoms with Gasteiger partial charge in [0.2, 0.25) is 0 Å². The van der Waals surface area contributed by atoms with Crippen LogP contribution in [0.2, 0.25) is 0 Å². The lowest BCUT2D eigenvalue weighted by molar-refractivity contribution is -0.161. The van der Waals surface area contributed by atoms with Gasteiger partial charge in [-0.05, 0) is 62.8 Å². The van der Waals surface area contributed by atoms with E-state index in [9.17, 15) is 29.1 Å². The molecule has 1 aromatic rings. The smallest absolute Gasteiger partial charge is 0.326 e. The first-order valence-corrected chi connectivity index (χ1v) is 15.1. The van der Waals surface area contributed by atoms with Gasteiger partial charge in [0, 0.05) is 12.6 Å². The number of carbonyl (C=O) groups is 5. The number of aromatic amines is 1. The minimum Gasteiger partial charge on any atom is -0.461 e. The maximum Gasteiger partial charge on any atom is 0.326 e. The quantitative estimate of drug-likeness (QED) is 0.0484. The average molecular weight is 693 g/mol. The zero-order valence-corrected chi connectivity index (χ0v) is 29.3. The van der Waals surface area contributed by atoms with Gasteiger partial charge in [0.1, 0.15) is 62.2 Å². The molecule has 0 spiro atoms. The molecule has 0 bridgehead atoms. The van der Waals surface area contributed by atoms with Crippen LogP contribution in [0.25, 0.3) is 0 Å². The number of imidazole rings is 1. The molecule has 19 nitrogen and oxygen atoms in total. The number of H-pyrrole nitrogens is 1. The van der Waals surface area contributed by atoms with Crippen molar-refractivity contribution in [2.75, 3.05) is 48.0 Å². The van der Waals surface area contributed by atoms with Crippen LogP contribution in [-0.4, -0.2) is 146 Å². The van der Waals surface area contributed by atoms with Crippen molar-refractivity contribution in [2.45, 2.75) is 89.6 Å². The maximum absolute atomic E-state index is 12.0. The normalized spacial score (nSPS) is 15.6. The van der Waals surface area contributed by atoms with Crippen molar-refractivity contribution in [1.29, 1.82) is 0 Å². The van der Waals surface area contributed by atoms with Gasteiger partial charge < -0.3 is 66.9 Å². The first-order chi connectivity index (χ1) is 22.2. The maximum atomic E-state index is 12.0. The molecular formula is C29H56N8O11. The number of hydrogen-bond acceptors (Lipinski definition) is 18. The highest BCUT2D eigenvalue weighted by atomic mass is 16.6. The molecule has 8 atom stereocenters. The van der Waals surface area contributed by atoms with Crippen LogP contribution in [0.3, 0.4) is 0 Å². The third-order valence-electron chi connectivity index (χ3n) is 5.57. The summed E-state index contributed by atoms with van der Waals surface area (Å²) >= 11 is 0. The second kappa shape index (κ2) is 25.3. The highest BCUT2D eigenvalue weighted by Gasteiger charge is 2.29. The van der Waals surface area contributed by atoms with E-state index in [0.717, 1.165) is 5.69 Å². The number of aliphatic hydroxyl groups excluding tert-OH is 1. The van der Waals surface area contributed by atoms with Crippen molar-refractivity contribution < 1.29 is 52.8 Å². The first-order valence-electron chi connectivity index (χ1n) is 15.1. The number of hydrogen-bond donors (Lipinski definition) is 7. The third kappa shape index (κ3) is 22.0. The number of nitrogens with one attached hydrogen (secondary N) is 2. The van der Waals surface area contributed by atoms with Crippen LogP contribution in [0.5, 0.6) is 0 Å². The molecule has 0 saturated heterocycles. The molecule has 0 aliphatic carbocycles. The fourth-order valence-corrected chi connectivity index (χ4v) is 2.80. The number of aliphatic hydroxyl groups is 1. The highest BCUT2D eigenvalue weighted by Crippen LogP contribution is 2.04. The zero-order valence-electron chi connectivity index (χ0n) is 29.3. The van der Waals surface area contributed by atoms with Crippen LogP contribution in [0.15, 0.2) is 12.5 Å². The van der Waals surface area contributed by atoms with Crippen LogP contribution in [0.4, 0.5) is 0 Å². The molecule has 278 valence electrons. The van der Waals surface area contributed by atoms with Crippen LogP contribution >= 0.6 is 0 Å². The average Bonchev–Trinajstić information content (AvgIpc) is 3.52. The van der Waals surface area contributed by atoms with Crippen LogP contribution in [0.1, 0.15) is 40.3 Å². The number of rotatable bonds is 17. The van der Waals surface area contributed by atoms with E-state index in [2.05, 4.69) is 15.3 Å². The van der Waals surface area contributed by atoms with Gasteiger partial charge in [0.15, 0.2) is 0 Å². The predicted octanol–water partition coefficient (Wildman–Crippen LogP) is -3.07. The summed E-state index contributed by atoms with van der Waals surface area (Å²) in [4.78, 5) is 66.4. The Labute approximate surface area is 281 Å². The topological polar surface area (TPSA) is 300 Å². The number of likely N-dealkylation sites (N-methyl/N-ethyl adjacent to an activating group) is 1. The van der Waals surface area contributed by atoms with Gasteiger partial charge in [0.05, 0.1) is 18.1 Å². The van der Waals surface area contributed by atoms with E-state index in [4.69, 9.17) is 46.6 Å². The largest absolute Gasteiger partial charge is 0.461 e. The van der Waals surface area contributed by atoms with E-state index in [-0.39, 0.29) is 19.8 Å². The minimum absolute atomic E-state index is 0.0229. The Morgan fingerprint density at radius 1 is 0.812 bits per heavy atom. The van der Waals surface area contributed by atoms with Crippen molar-refractivity contribution in [3.63, 3.8) is 0 Å². The summed E-state index contributed by atoms with van der Waals surface area (Å²) in [6.45, 7) is 6.94. The number of esters is 5. The number of nitrogens with zero attached hydrogens (tertiary/aromatic N) is 2. The zero-order chi connectivity index (χ0) is 37.6. The van der Waals surface area contributed by atoms with Gasteiger partial charge in [-0.2, -0.15) is 0 Å². The molecule has 0 aliphatic rings. The van der Waals surface area contributed by atoms with Crippen LogP contribution in [-0.2, 0) is 54.1 Å². The number of nitrogens with two attached hydrogens (primary N) is 4. The second-order valence-electron chi connectivity index (χ2n) is 11.2. The Morgan fingerprint density at radius 3 is 1.75 bits per heavy atom. The molecule has 1 heterocycles. The van der Waals surface area contributed by atoms with Crippen LogP contribution < -0.4 is 28.3 Å². The fourth-order valence-electron chi connectivity index (χ4n) is 2.80. The van der Waals surface area contributed by atoms with Crippen molar-refractivity contribution in [1.82, 2.24) is 20.2 Å². The summed E-state index contributed by atoms with van der Waals surface area (Å²) in [5.41, 5.74) is 22.4. The molecule has 48 heavy (non-hydrogen) atoms. The highest BCUT2D eigenvalue weighted by molar-refractivity contribution is 5.79. The van der Waals surface area contributed by atoms with Gasteiger partial charge in [0.25, 0.3) is 0 Å². The molecule has 0 saturated carbocycles. The second-order valence-corrected chi connectivity index (χ2v) is 11.2. The summed E-state index contributed by atoms with van der Waals surface area (Å²) in [6, 6.07) is -4.47. The minimum atomic E-state index is -1.25. The summed E-state index contributed by atoms with van der Waals surface area (Å²) in [5.74, 6) is -3.31. The summed E-state index contributed by atoms with van der Waals surface area (Å²) in [7, 11) is 7.67. The molecule has 0 radical (unpaired) electrons. The molecule has 1 aromatic heterocycles. The summed E-state index contributed by atoms with van der Waals surface area (Å²) in [5, 5.41) is 12.1. The predicted molar refractivity (Wildman–Crippen MR) is 174 cm³/mol. The Bertz CT molecular complexity index is 1070. The van der Waals surface area contributed by atoms with Gasteiger partial charge in [-0.25, -0.2) is 4.98 Å². The Kier molecular flexibility index (Phi) is 24.5. The Hall–Kier alpha value is -3.72. The molecule has 1 rings (SSSR count). The first kappa shape index (κ1) is 46.4. The molecule has 0 aromatic carbocycles. The van der Waals surface area contributed by atoms with E-state index >= 15 is 0 Å². The number of aromatic nitrogens is 2. The van der Waals surface area contributed by atoms with Crippen molar-refractivity contribution in [2.24, 2.45) is 22.9 Å². The van der Waals surface area contributed by atoms with E-state index in [1.165, 1.54) is 27.7 Å². The monoisotopic (exact) mass is 692 g/mol.